The smallest absolute Gasteiger partial charge is 0.291 e. The van der Waals surface area contributed by atoms with Crippen LogP contribution in [-0.4, -0.2) is 40.4 Å². The molecule has 3 aromatic rings. The highest BCUT2D eigenvalue weighted by Gasteiger charge is 2.15. The van der Waals surface area contributed by atoms with Crippen LogP contribution in [-0.2, 0) is 7.05 Å². The number of carbonyl (C=O) groups excluding carboxylic acids is 1. The Kier molecular flexibility index (Phi) is 6.71. The summed E-state index contributed by atoms with van der Waals surface area (Å²) in [5.41, 5.74) is 2.44. The SMILES string of the molecule is CCOc1ccc(-c2nc(C(=O)N/N=C/c3cc(OC)ccc3F)cn(C)c2=O)cn1. The lowest BCUT2D eigenvalue weighted by Crippen LogP contribution is -2.26. The van der Waals surface area contributed by atoms with Crippen molar-refractivity contribution in [2.24, 2.45) is 12.1 Å². The molecule has 0 unspecified atom stereocenters. The minimum absolute atomic E-state index is 0.0470. The maximum absolute atomic E-state index is 13.8. The summed E-state index contributed by atoms with van der Waals surface area (Å²) in [5.74, 6) is -0.335. The number of methoxy groups -OCH3 is 1. The molecule has 0 aliphatic carbocycles. The van der Waals surface area contributed by atoms with Gasteiger partial charge in [0.1, 0.15) is 23.0 Å². The van der Waals surface area contributed by atoms with Gasteiger partial charge in [0.2, 0.25) is 5.88 Å². The molecule has 0 fully saturated rings. The maximum Gasteiger partial charge on any atom is 0.291 e. The predicted octanol–water partition coefficient (Wildman–Crippen LogP) is 2.15. The van der Waals surface area contributed by atoms with Gasteiger partial charge in [-0.2, -0.15) is 5.10 Å². The summed E-state index contributed by atoms with van der Waals surface area (Å²) in [7, 11) is 2.96. The summed E-state index contributed by atoms with van der Waals surface area (Å²) in [6.07, 6.45) is 3.87. The van der Waals surface area contributed by atoms with Gasteiger partial charge in [-0.15, -0.1) is 0 Å². The van der Waals surface area contributed by atoms with Gasteiger partial charge in [0.15, 0.2) is 0 Å². The maximum atomic E-state index is 13.8. The number of amides is 1. The predicted molar refractivity (Wildman–Crippen MR) is 112 cm³/mol. The lowest BCUT2D eigenvalue weighted by Gasteiger charge is -2.07. The number of aryl methyl sites for hydroxylation is 1. The first-order valence-corrected chi connectivity index (χ1v) is 9.26. The van der Waals surface area contributed by atoms with Gasteiger partial charge in [0.05, 0.1) is 19.9 Å². The van der Waals surface area contributed by atoms with Crippen molar-refractivity contribution in [3.63, 3.8) is 0 Å². The van der Waals surface area contributed by atoms with Crippen molar-refractivity contribution in [3.05, 3.63) is 70.2 Å². The molecule has 0 aliphatic heterocycles. The van der Waals surface area contributed by atoms with Crippen molar-refractivity contribution in [3.8, 4) is 22.9 Å². The number of carbonyl (C=O) groups is 1. The third-order valence-electron chi connectivity index (χ3n) is 4.18. The fourth-order valence-electron chi connectivity index (χ4n) is 2.62. The number of halogens is 1. The molecule has 9 nitrogen and oxygen atoms in total. The molecule has 1 amide bonds. The van der Waals surface area contributed by atoms with Crippen LogP contribution in [0.3, 0.4) is 0 Å². The molecule has 160 valence electrons. The van der Waals surface area contributed by atoms with Crippen LogP contribution in [0.2, 0.25) is 0 Å². The van der Waals surface area contributed by atoms with Gasteiger partial charge < -0.3 is 14.0 Å². The Morgan fingerprint density at radius 2 is 2.13 bits per heavy atom. The second-order valence-corrected chi connectivity index (χ2v) is 6.30. The zero-order chi connectivity index (χ0) is 22.4. The first kappa shape index (κ1) is 21.6. The molecule has 31 heavy (non-hydrogen) atoms. The van der Waals surface area contributed by atoms with Crippen LogP contribution in [0.4, 0.5) is 4.39 Å². The Labute approximate surface area is 177 Å². The second-order valence-electron chi connectivity index (χ2n) is 6.30. The Bertz CT molecular complexity index is 1180. The van der Waals surface area contributed by atoms with E-state index in [9.17, 15) is 14.0 Å². The topological polar surface area (TPSA) is 108 Å². The number of benzene rings is 1. The van der Waals surface area contributed by atoms with E-state index in [4.69, 9.17) is 9.47 Å². The number of pyridine rings is 1. The van der Waals surface area contributed by atoms with Crippen LogP contribution >= 0.6 is 0 Å². The van der Waals surface area contributed by atoms with E-state index in [0.29, 0.717) is 23.8 Å². The van der Waals surface area contributed by atoms with Crippen LogP contribution in [0.1, 0.15) is 23.0 Å². The lowest BCUT2D eigenvalue weighted by molar-refractivity contribution is 0.0949. The van der Waals surface area contributed by atoms with Gasteiger partial charge in [-0.3, -0.25) is 9.59 Å². The monoisotopic (exact) mass is 425 g/mol. The third kappa shape index (κ3) is 5.10. The van der Waals surface area contributed by atoms with Crippen molar-refractivity contribution in [1.29, 1.82) is 0 Å². The van der Waals surface area contributed by atoms with Crippen LogP contribution in [0.5, 0.6) is 11.6 Å². The number of ether oxygens (including phenoxy) is 2. The fourth-order valence-corrected chi connectivity index (χ4v) is 2.62. The van der Waals surface area contributed by atoms with E-state index < -0.39 is 17.3 Å². The van der Waals surface area contributed by atoms with Crippen LogP contribution in [0, 0.1) is 5.82 Å². The van der Waals surface area contributed by atoms with Crippen LogP contribution < -0.4 is 20.5 Å². The Morgan fingerprint density at radius 1 is 1.32 bits per heavy atom. The van der Waals surface area contributed by atoms with Gasteiger partial charge in [-0.1, -0.05) is 0 Å². The Morgan fingerprint density at radius 3 is 2.81 bits per heavy atom. The van der Waals surface area contributed by atoms with Gasteiger partial charge in [-0.05, 0) is 31.2 Å². The molecule has 0 radical (unpaired) electrons. The van der Waals surface area contributed by atoms with Crippen LogP contribution in [0.25, 0.3) is 11.3 Å². The molecule has 0 bridgehead atoms. The summed E-state index contributed by atoms with van der Waals surface area (Å²) in [5, 5.41) is 3.76. The van der Waals surface area contributed by atoms with Crippen molar-refractivity contribution in [1.82, 2.24) is 20.0 Å². The number of hydrogen-bond acceptors (Lipinski definition) is 7. The summed E-state index contributed by atoms with van der Waals surface area (Å²) < 4.78 is 25.4. The minimum atomic E-state index is -0.671. The molecule has 0 saturated carbocycles. The van der Waals surface area contributed by atoms with Gasteiger partial charge >= 0.3 is 0 Å². The number of rotatable bonds is 7. The van der Waals surface area contributed by atoms with Crippen molar-refractivity contribution in [2.75, 3.05) is 13.7 Å². The van der Waals surface area contributed by atoms with Gasteiger partial charge in [0.25, 0.3) is 11.5 Å². The molecule has 2 heterocycles. The van der Waals surface area contributed by atoms with E-state index >= 15 is 0 Å². The van der Waals surface area contributed by atoms with Crippen LogP contribution in [0.15, 0.2) is 52.6 Å². The van der Waals surface area contributed by atoms with E-state index in [1.54, 1.807) is 12.1 Å². The average molecular weight is 425 g/mol. The lowest BCUT2D eigenvalue weighted by atomic mass is 10.2. The molecule has 0 spiro atoms. The highest BCUT2D eigenvalue weighted by Crippen LogP contribution is 2.16. The number of nitrogens with zero attached hydrogens (tertiary/aromatic N) is 4. The second kappa shape index (κ2) is 9.61. The number of hydrogen-bond donors (Lipinski definition) is 1. The number of nitrogens with one attached hydrogen (secondary N) is 1. The van der Waals surface area contributed by atoms with E-state index in [2.05, 4.69) is 20.5 Å². The first-order valence-electron chi connectivity index (χ1n) is 9.26. The zero-order valence-corrected chi connectivity index (χ0v) is 17.1. The van der Waals surface area contributed by atoms with E-state index in [-0.39, 0.29) is 17.0 Å². The quantitative estimate of drug-likeness (QED) is 0.459. The van der Waals surface area contributed by atoms with Gasteiger partial charge in [0, 0.05) is 36.6 Å². The van der Waals surface area contributed by atoms with Crippen molar-refractivity contribution >= 4 is 12.1 Å². The molecular formula is C21H20FN5O4. The average Bonchev–Trinajstić information content (AvgIpc) is 2.77. The number of hydrazone groups is 1. The minimum Gasteiger partial charge on any atom is -0.497 e. The summed E-state index contributed by atoms with van der Waals surface area (Å²) in [6, 6.07) is 7.38. The first-order chi connectivity index (χ1) is 14.9. The zero-order valence-electron chi connectivity index (χ0n) is 17.1. The third-order valence-corrected chi connectivity index (χ3v) is 4.18. The normalized spacial score (nSPS) is 10.8. The summed E-state index contributed by atoms with van der Waals surface area (Å²) >= 11 is 0. The summed E-state index contributed by atoms with van der Waals surface area (Å²) in [4.78, 5) is 33.2. The molecular weight excluding hydrogens is 405 g/mol. The van der Waals surface area contributed by atoms with E-state index in [1.807, 2.05) is 6.92 Å². The molecule has 2 aromatic heterocycles. The van der Waals surface area contributed by atoms with E-state index in [1.165, 1.54) is 49.3 Å². The highest BCUT2D eigenvalue weighted by molar-refractivity contribution is 5.93. The standard InChI is InChI=1S/C21H20FN5O4/c1-4-31-18-8-5-13(10-23-18)19-21(29)27(2)12-17(25-19)20(28)26-24-11-14-9-15(30-3)6-7-16(14)22/h5-12H,4H2,1-3H3,(H,26,28)/b24-11+. The molecule has 0 saturated heterocycles. The molecule has 0 aliphatic rings. The largest absolute Gasteiger partial charge is 0.497 e. The highest BCUT2D eigenvalue weighted by atomic mass is 19.1. The van der Waals surface area contributed by atoms with Crippen molar-refractivity contribution < 1.29 is 18.7 Å². The summed E-state index contributed by atoms with van der Waals surface area (Å²) in [6.45, 7) is 2.29. The fraction of sp³-hybridized carbons (Fsp3) is 0.190. The Balaban J connectivity index is 1.83. The number of aromatic nitrogens is 3. The van der Waals surface area contributed by atoms with E-state index in [0.717, 1.165) is 6.21 Å². The molecule has 3 rings (SSSR count). The molecule has 0 atom stereocenters. The molecule has 1 N–H and O–H groups in total. The Hall–Kier alpha value is -4.08. The van der Waals surface area contributed by atoms with Crippen molar-refractivity contribution in [2.45, 2.75) is 6.92 Å². The molecule has 10 heteroatoms. The molecule has 1 aromatic carbocycles. The van der Waals surface area contributed by atoms with Gasteiger partial charge in [-0.25, -0.2) is 19.8 Å².